The predicted octanol–water partition coefficient (Wildman–Crippen LogP) is 5.30. The molecule has 2 heterocycles. The molecule has 0 radical (unpaired) electrons. The maximum atomic E-state index is 14.7. The molecule has 43 heavy (non-hydrogen) atoms. The molecule has 1 aliphatic rings. The van der Waals surface area contributed by atoms with Gasteiger partial charge in [0.1, 0.15) is 5.82 Å². The van der Waals surface area contributed by atoms with Crippen molar-refractivity contribution in [2.75, 3.05) is 26.5 Å². The van der Waals surface area contributed by atoms with Crippen molar-refractivity contribution in [3.8, 4) is 17.0 Å². The van der Waals surface area contributed by atoms with Crippen molar-refractivity contribution in [3.05, 3.63) is 77.1 Å². The minimum absolute atomic E-state index is 0.140. The number of methoxy groups -OCH3 is 1. The number of anilines is 1. The van der Waals surface area contributed by atoms with Gasteiger partial charge in [-0.2, -0.15) is 0 Å². The Morgan fingerprint density at radius 2 is 1.88 bits per heavy atom. The Kier molecular flexibility index (Phi) is 9.60. The molecule has 0 aliphatic heterocycles. The van der Waals surface area contributed by atoms with Crippen molar-refractivity contribution >= 4 is 28.1 Å². The van der Waals surface area contributed by atoms with Crippen molar-refractivity contribution in [2.24, 2.45) is 0 Å². The number of nitrogens with one attached hydrogen (secondary N) is 2. The Bertz CT molecular complexity index is 1630. The number of aryl methyl sites for hydroxylation is 1. The molecular formula is C31H35F2N6O3S-. The number of hydrogen-bond acceptors (Lipinski definition) is 8. The second-order valence-corrected chi connectivity index (χ2v) is 11.7. The van der Waals surface area contributed by atoms with Crippen LogP contribution in [0.2, 0.25) is 0 Å². The van der Waals surface area contributed by atoms with Gasteiger partial charge < -0.3 is 19.5 Å². The maximum absolute atomic E-state index is 14.7. The SMILES string of the molecule is CCc1cc(-c2ccc(C(NS(=O)[O-])c3cccc(F)c3F)nc2OC)cc2ncc(NC3CCC(N(C)C)CC3)nc12. The van der Waals surface area contributed by atoms with Crippen LogP contribution in [0.4, 0.5) is 14.6 Å². The second-order valence-electron chi connectivity index (χ2n) is 10.9. The Hall–Kier alpha value is -3.58. The molecule has 4 aromatic rings. The molecule has 1 fully saturated rings. The largest absolute Gasteiger partial charge is 0.760 e. The number of ether oxygens (including phenoxy) is 1. The molecule has 1 saturated carbocycles. The molecule has 0 bridgehead atoms. The topological polar surface area (TPSA) is 115 Å². The molecule has 2 aromatic carbocycles. The first-order valence-corrected chi connectivity index (χ1v) is 15.3. The first-order chi connectivity index (χ1) is 20.7. The van der Waals surface area contributed by atoms with Gasteiger partial charge in [0.25, 0.3) is 0 Å². The minimum Gasteiger partial charge on any atom is -0.760 e. The Morgan fingerprint density at radius 3 is 2.56 bits per heavy atom. The van der Waals surface area contributed by atoms with Crippen LogP contribution in [-0.4, -0.2) is 61.9 Å². The fourth-order valence-electron chi connectivity index (χ4n) is 5.74. The summed E-state index contributed by atoms with van der Waals surface area (Å²) in [5.74, 6) is -1.31. The zero-order valence-electron chi connectivity index (χ0n) is 24.6. The Balaban J connectivity index is 1.46. The number of fused-ring (bicyclic) bond motifs is 1. The number of pyridine rings is 1. The van der Waals surface area contributed by atoms with Gasteiger partial charge >= 0.3 is 0 Å². The summed E-state index contributed by atoms with van der Waals surface area (Å²) in [5.41, 5.74) is 3.87. The van der Waals surface area contributed by atoms with Crippen LogP contribution in [0.3, 0.4) is 0 Å². The van der Waals surface area contributed by atoms with E-state index >= 15 is 0 Å². The lowest BCUT2D eigenvalue weighted by atomic mass is 9.90. The molecule has 228 valence electrons. The van der Waals surface area contributed by atoms with Crippen LogP contribution in [0.15, 0.2) is 48.7 Å². The molecule has 2 N–H and O–H groups in total. The fourth-order valence-corrected chi connectivity index (χ4v) is 6.18. The van der Waals surface area contributed by atoms with Crippen molar-refractivity contribution < 1.29 is 22.3 Å². The number of hydrogen-bond donors (Lipinski definition) is 2. The molecule has 2 aromatic heterocycles. The lowest BCUT2D eigenvalue weighted by Gasteiger charge is -2.33. The quantitative estimate of drug-likeness (QED) is 0.233. The van der Waals surface area contributed by atoms with Gasteiger partial charge in [-0.1, -0.05) is 19.1 Å². The van der Waals surface area contributed by atoms with E-state index in [2.05, 4.69) is 34.0 Å². The average molecular weight is 610 g/mol. The van der Waals surface area contributed by atoms with Crippen LogP contribution in [0.5, 0.6) is 5.88 Å². The van der Waals surface area contributed by atoms with Gasteiger partial charge in [0.05, 0.1) is 36.1 Å². The van der Waals surface area contributed by atoms with E-state index in [1.165, 1.54) is 19.2 Å². The van der Waals surface area contributed by atoms with E-state index in [-0.39, 0.29) is 17.1 Å². The van der Waals surface area contributed by atoms with Crippen molar-refractivity contribution in [1.82, 2.24) is 24.6 Å². The van der Waals surface area contributed by atoms with Gasteiger partial charge in [0, 0.05) is 34.5 Å². The van der Waals surface area contributed by atoms with E-state index in [0.717, 1.165) is 54.2 Å². The van der Waals surface area contributed by atoms with Gasteiger partial charge in [-0.05, 0) is 87.7 Å². The zero-order valence-corrected chi connectivity index (χ0v) is 25.4. The summed E-state index contributed by atoms with van der Waals surface area (Å²) in [5, 5.41) is 3.58. The minimum atomic E-state index is -2.78. The van der Waals surface area contributed by atoms with Gasteiger partial charge in [0.15, 0.2) is 11.6 Å². The van der Waals surface area contributed by atoms with Crippen molar-refractivity contribution in [1.29, 1.82) is 0 Å². The third-order valence-electron chi connectivity index (χ3n) is 8.08. The van der Waals surface area contributed by atoms with Gasteiger partial charge in [-0.15, -0.1) is 0 Å². The lowest BCUT2D eigenvalue weighted by molar-refractivity contribution is 0.221. The number of rotatable bonds is 10. The monoisotopic (exact) mass is 609 g/mol. The standard InChI is InChI=1S/C31H36F2N6O3S/c1-5-18-15-19(16-26-29(18)37-27(17-34-26)35-20-9-11-21(12-10-20)39(2)3)22-13-14-25(36-31(22)42-4)30(38-43(40)41)23-7-6-8-24(32)28(23)33/h6-8,13-17,20-21,30,38H,5,9-12H2,1-4H3,(H,35,37)(H,40,41)/p-1. The van der Waals surface area contributed by atoms with E-state index < -0.39 is 28.9 Å². The smallest absolute Gasteiger partial charge is 0.221 e. The number of halogens is 2. The van der Waals surface area contributed by atoms with Gasteiger partial charge in [-0.25, -0.2) is 23.5 Å². The first-order valence-electron chi connectivity index (χ1n) is 14.3. The highest BCUT2D eigenvalue weighted by atomic mass is 32.2. The summed E-state index contributed by atoms with van der Waals surface area (Å²) in [7, 11) is 5.71. The van der Waals surface area contributed by atoms with Crippen molar-refractivity contribution in [2.45, 2.75) is 57.2 Å². The first kappa shape index (κ1) is 30.9. The number of aromatic nitrogens is 3. The van der Waals surface area contributed by atoms with Crippen LogP contribution < -0.4 is 14.8 Å². The van der Waals surface area contributed by atoms with Gasteiger partial charge in [0.2, 0.25) is 5.88 Å². The summed E-state index contributed by atoms with van der Waals surface area (Å²) in [6.07, 6.45) is 6.93. The molecule has 2 unspecified atom stereocenters. The lowest BCUT2D eigenvalue weighted by Crippen LogP contribution is -2.36. The molecule has 2 atom stereocenters. The maximum Gasteiger partial charge on any atom is 0.221 e. The van der Waals surface area contributed by atoms with Crippen LogP contribution >= 0.6 is 0 Å². The summed E-state index contributed by atoms with van der Waals surface area (Å²) < 4.78 is 59.6. The molecule has 1 aliphatic carbocycles. The van der Waals surface area contributed by atoms with E-state index in [1.54, 1.807) is 18.3 Å². The van der Waals surface area contributed by atoms with Crippen LogP contribution in [0, 0.1) is 11.6 Å². The highest BCUT2D eigenvalue weighted by molar-refractivity contribution is 7.77. The third-order valence-corrected chi connectivity index (χ3v) is 8.50. The average Bonchev–Trinajstić information content (AvgIpc) is 3.00. The normalized spacial score (nSPS) is 18.5. The van der Waals surface area contributed by atoms with Crippen molar-refractivity contribution in [3.63, 3.8) is 0 Å². The molecule has 0 spiro atoms. The highest BCUT2D eigenvalue weighted by Crippen LogP contribution is 2.35. The third kappa shape index (κ3) is 6.82. The van der Waals surface area contributed by atoms with E-state index in [4.69, 9.17) is 14.7 Å². The zero-order chi connectivity index (χ0) is 30.7. The molecule has 0 saturated heterocycles. The summed E-state index contributed by atoms with van der Waals surface area (Å²) in [4.78, 5) is 16.4. The van der Waals surface area contributed by atoms with E-state index in [0.29, 0.717) is 29.6 Å². The fraction of sp³-hybridized carbons (Fsp3) is 0.387. The molecule has 0 amide bonds. The van der Waals surface area contributed by atoms with E-state index in [1.807, 2.05) is 19.1 Å². The Labute approximate surface area is 252 Å². The number of benzene rings is 2. The van der Waals surface area contributed by atoms with Crippen LogP contribution in [-0.2, 0) is 17.7 Å². The molecule has 9 nitrogen and oxygen atoms in total. The predicted molar refractivity (Wildman–Crippen MR) is 162 cm³/mol. The van der Waals surface area contributed by atoms with Crippen LogP contribution in [0.1, 0.15) is 55.5 Å². The summed E-state index contributed by atoms with van der Waals surface area (Å²) >= 11 is -2.78. The Morgan fingerprint density at radius 1 is 1.12 bits per heavy atom. The summed E-state index contributed by atoms with van der Waals surface area (Å²) in [6, 6.07) is 10.5. The highest BCUT2D eigenvalue weighted by Gasteiger charge is 2.25. The second kappa shape index (κ2) is 13.4. The van der Waals surface area contributed by atoms with Gasteiger partial charge in [-0.3, -0.25) is 9.19 Å². The molecule has 12 heteroatoms. The van der Waals surface area contributed by atoms with Crippen LogP contribution in [0.25, 0.3) is 22.2 Å². The number of nitrogens with zero attached hydrogens (tertiary/aromatic N) is 4. The van der Waals surface area contributed by atoms with E-state index in [9.17, 15) is 17.5 Å². The molecule has 5 rings (SSSR count). The summed E-state index contributed by atoms with van der Waals surface area (Å²) in [6.45, 7) is 2.05. The molecular weight excluding hydrogens is 574 g/mol.